The fourth-order valence-electron chi connectivity index (χ4n) is 1.42. The zero-order chi connectivity index (χ0) is 15.2. The molecule has 0 fully saturated rings. The molecule has 1 N–H and O–H groups in total. The first-order chi connectivity index (χ1) is 9.28. The molecule has 108 valence electrons. The molecule has 0 heterocycles. The Labute approximate surface area is 129 Å². The highest BCUT2D eigenvalue weighted by Gasteiger charge is 2.15. The number of benzene rings is 1. The number of hydrogen-bond acceptors (Lipinski definition) is 2. The molecule has 1 rings (SSSR count). The van der Waals surface area contributed by atoms with Crippen LogP contribution < -0.4 is 5.32 Å². The Hall–Kier alpha value is -1.47. The first kappa shape index (κ1) is 16.6. The lowest BCUT2D eigenvalue weighted by molar-refractivity contribution is 0.0529. The van der Waals surface area contributed by atoms with Gasteiger partial charge in [-0.2, -0.15) is 0 Å². The normalized spacial score (nSPS) is 10.4. The molecule has 0 aromatic heterocycles. The van der Waals surface area contributed by atoms with Crippen molar-refractivity contribution >= 4 is 22.0 Å². The van der Waals surface area contributed by atoms with Gasteiger partial charge in [0.15, 0.2) is 0 Å². The summed E-state index contributed by atoms with van der Waals surface area (Å²) in [7, 11) is 0. The van der Waals surface area contributed by atoms with Gasteiger partial charge >= 0.3 is 6.09 Å². The molecule has 0 aliphatic carbocycles. The van der Waals surface area contributed by atoms with Crippen LogP contribution in [0.3, 0.4) is 0 Å². The van der Waals surface area contributed by atoms with E-state index < -0.39 is 11.7 Å². The molecule has 0 bridgehead atoms. The fraction of sp³-hybridized carbons (Fsp3) is 0.438. The van der Waals surface area contributed by atoms with Crippen LogP contribution >= 0.6 is 15.9 Å². The van der Waals surface area contributed by atoms with Crippen molar-refractivity contribution < 1.29 is 9.53 Å². The third kappa shape index (κ3) is 6.63. The van der Waals surface area contributed by atoms with E-state index in [-0.39, 0.29) is 0 Å². The summed E-state index contributed by atoms with van der Waals surface area (Å²) < 4.78 is 6.12. The molecule has 1 aromatic carbocycles. The third-order valence-electron chi connectivity index (χ3n) is 2.27. The third-order valence-corrected chi connectivity index (χ3v) is 2.92. The van der Waals surface area contributed by atoms with E-state index in [1.165, 1.54) is 5.56 Å². The van der Waals surface area contributed by atoms with Gasteiger partial charge in [-0.05, 0) is 61.3 Å². The van der Waals surface area contributed by atoms with Crippen LogP contribution in [0.15, 0.2) is 22.7 Å². The second kappa shape index (κ2) is 7.35. The summed E-state index contributed by atoms with van der Waals surface area (Å²) >= 11 is 3.48. The molecule has 0 radical (unpaired) electrons. The van der Waals surface area contributed by atoms with Gasteiger partial charge in [-0.1, -0.05) is 17.9 Å². The molecule has 0 aliphatic heterocycles. The summed E-state index contributed by atoms with van der Waals surface area (Å²) in [5, 5.41) is 2.67. The summed E-state index contributed by atoms with van der Waals surface area (Å²) in [6.07, 6.45) is 0.176. The minimum Gasteiger partial charge on any atom is -0.444 e. The van der Waals surface area contributed by atoms with Crippen molar-refractivity contribution in [1.82, 2.24) is 5.32 Å². The lowest BCUT2D eigenvalue weighted by atomic mass is 10.1. The van der Waals surface area contributed by atoms with Crippen molar-refractivity contribution in [2.75, 3.05) is 6.54 Å². The van der Waals surface area contributed by atoms with Gasteiger partial charge < -0.3 is 10.1 Å². The maximum Gasteiger partial charge on any atom is 0.407 e. The monoisotopic (exact) mass is 337 g/mol. The minimum absolute atomic E-state index is 0.407. The van der Waals surface area contributed by atoms with E-state index in [9.17, 15) is 4.79 Å². The largest absolute Gasteiger partial charge is 0.444 e. The second-order valence-electron chi connectivity index (χ2n) is 5.46. The molecule has 3 nitrogen and oxygen atoms in total. The van der Waals surface area contributed by atoms with Gasteiger partial charge in [0.2, 0.25) is 0 Å². The molecule has 1 amide bonds. The van der Waals surface area contributed by atoms with E-state index >= 15 is 0 Å². The number of halogens is 1. The average Bonchev–Trinajstić information content (AvgIpc) is 2.28. The van der Waals surface area contributed by atoms with Gasteiger partial charge in [-0.25, -0.2) is 4.79 Å². The van der Waals surface area contributed by atoms with E-state index in [0.29, 0.717) is 13.0 Å². The fourth-order valence-corrected chi connectivity index (χ4v) is 2.01. The topological polar surface area (TPSA) is 38.3 Å². The highest BCUT2D eigenvalue weighted by molar-refractivity contribution is 9.10. The van der Waals surface area contributed by atoms with Gasteiger partial charge in [-0.15, -0.1) is 0 Å². The molecular formula is C16H20BrNO2. The number of aryl methyl sites for hydroxylation is 1. The van der Waals surface area contributed by atoms with Crippen LogP contribution in [0.4, 0.5) is 4.79 Å². The van der Waals surface area contributed by atoms with Crippen LogP contribution in [-0.4, -0.2) is 18.2 Å². The number of ether oxygens (including phenoxy) is 1. The quantitative estimate of drug-likeness (QED) is 0.653. The van der Waals surface area contributed by atoms with E-state index in [1.807, 2.05) is 45.9 Å². The Morgan fingerprint density at radius 3 is 2.70 bits per heavy atom. The van der Waals surface area contributed by atoms with Crippen LogP contribution in [0.2, 0.25) is 0 Å². The van der Waals surface area contributed by atoms with E-state index in [0.717, 1.165) is 10.0 Å². The lowest BCUT2D eigenvalue weighted by Gasteiger charge is -2.19. The Bertz CT molecular complexity index is 536. The predicted octanol–water partition coefficient (Wildman–Crippen LogP) is 4.02. The SMILES string of the molecule is Cc1ccc(C#CCCNC(=O)OC(C)(C)C)c(Br)c1. The molecule has 0 spiro atoms. The number of carbonyl (C=O) groups excluding carboxylic acids is 1. The Morgan fingerprint density at radius 1 is 1.40 bits per heavy atom. The maximum atomic E-state index is 11.4. The summed E-state index contributed by atoms with van der Waals surface area (Å²) in [4.78, 5) is 11.4. The van der Waals surface area contributed by atoms with Crippen molar-refractivity contribution in [1.29, 1.82) is 0 Å². The standard InChI is InChI=1S/C16H20BrNO2/c1-12-8-9-13(14(17)11-12)7-5-6-10-18-15(19)20-16(2,3)4/h8-9,11H,6,10H2,1-4H3,(H,18,19). The van der Waals surface area contributed by atoms with Gasteiger partial charge in [0.05, 0.1) is 0 Å². The first-order valence-electron chi connectivity index (χ1n) is 6.50. The molecular weight excluding hydrogens is 318 g/mol. The number of rotatable bonds is 2. The molecule has 0 aliphatic rings. The number of nitrogens with one attached hydrogen (secondary N) is 1. The van der Waals surface area contributed by atoms with Crippen LogP contribution in [0.5, 0.6) is 0 Å². The van der Waals surface area contributed by atoms with Gasteiger partial charge in [0.25, 0.3) is 0 Å². The van der Waals surface area contributed by atoms with Crippen molar-refractivity contribution in [2.45, 2.75) is 39.7 Å². The summed E-state index contributed by atoms with van der Waals surface area (Å²) in [5.74, 6) is 6.10. The molecule has 0 saturated heterocycles. The molecule has 1 aromatic rings. The van der Waals surface area contributed by atoms with Crippen molar-refractivity contribution in [3.63, 3.8) is 0 Å². The van der Waals surface area contributed by atoms with Gasteiger partial charge in [0, 0.05) is 23.0 Å². The molecule has 0 unspecified atom stereocenters. The van der Waals surface area contributed by atoms with Crippen molar-refractivity contribution in [3.05, 3.63) is 33.8 Å². The van der Waals surface area contributed by atoms with E-state index in [1.54, 1.807) is 0 Å². The van der Waals surface area contributed by atoms with Crippen LogP contribution in [0.25, 0.3) is 0 Å². The smallest absolute Gasteiger partial charge is 0.407 e. The van der Waals surface area contributed by atoms with Gasteiger partial charge in [-0.3, -0.25) is 0 Å². The summed E-state index contributed by atoms with van der Waals surface area (Å²) in [5.41, 5.74) is 1.67. The highest BCUT2D eigenvalue weighted by Crippen LogP contribution is 2.17. The minimum atomic E-state index is -0.470. The first-order valence-corrected chi connectivity index (χ1v) is 7.29. The number of carbonyl (C=O) groups is 1. The van der Waals surface area contributed by atoms with Crippen molar-refractivity contribution in [2.24, 2.45) is 0 Å². The van der Waals surface area contributed by atoms with Crippen LogP contribution in [0.1, 0.15) is 38.3 Å². The van der Waals surface area contributed by atoms with E-state index in [4.69, 9.17) is 4.74 Å². The van der Waals surface area contributed by atoms with Gasteiger partial charge in [0.1, 0.15) is 5.60 Å². The molecule has 0 atom stereocenters. The van der Waals surface area contributed by atoms with Crippen LogP contribution in [0, 0.1) is 18.8 Å². The summed E-state index contributed by atoms with van der Waals surface area (Å²) in [6, 6.07) is 6.03. The Morgan fingerprint density at radius 2 is 2.10 bits per heavy atom. The van der Waals surface area contributed by atoms with Crippen LogP contribution in [-0.2, 0) is 4.74 Å². The van der Waals surface area contributed by atoms with E-state index in [2.05, 4.69) is 33.1 Å². The molecule has 0 saturated carbocycles. The summed E-state index contributed by atoms with van der Waals surface area (Å²) in [6.45, 7) is 8.02. The number of hydrogen-bond donors (Lipinski definition) is 1. The molecule has 20 heavy (non-hydrogen) atoms. The Balaban J connectivity index is 2.38. The number of amides is 1. The zero-order valence-electron chi connectivity index (χ0n) is 12.3. The molecule has 4 heteroatoms. The zero-order valence-corrected chi connectivity index (χ0v) is 13.9. The lowest BCUT2D eigenvalue weighted by Crippen LogP contribution is -2.32. The van der Waals surface area contributed by atoms with Crippen molar-refractivity contribution in [3.8, 4) is 11.8 Å². The maximum absolute atomic E-state index is 11.4. The average molecular weight is 338 g/mol. The number of alkyl carbamates (subject to hydrolysis) is 1. The predicted molar refractivity (Wildman–Crippen MR) is 84.6 cm³/mol. The Kier molecular flexibility index (Phi) is 6.09. The highest BCUT2D eigenvalue weighted by atomic mass is 79.9. The second-order valence-corrected chi connectivity index (χ2v) is 6.32.